The van der Waals surface area contributed by atoms with Crippen LogP contribution < -0.4 is 4.74 Å². The Morgan fingerprint density at radius 1 is 1.37 bits per heavy atom. The van der Waals surface area contributed by atoms with Gasteiger partial charge in [0.2, 0.25) is 0 Å². The molecule has 5 nitrogen and oxygen atoms in total. The minimum absolute atomic E-state index is 0.0782. The van der Waals surface area contributed by atoms with E-state index in [-0.39, 0.29) is 5.57 Å². The van der Waals surface area contributed by atoms with Crippen molar-refractivity contribution in [3.05, 3.63) is 35.4 Å². The van der Waals surface area contributed by atoms with Gasteiger partial charge >= 0.3 is 5.97 Å². The number of carbonyl (C=O) groups excluding carboxylic acids is 1. The van der Waals surface area contributed by atoms with Gasteiger partial charge < -0.3 is 14.5 Å². The smallest absolute Gasteiger partial charge is 0.348 e. The van der Waals surface area contributed by atoms with Crippen molar-refractivity contribution in [3.63, 3.8) is 0 Å². The second kappa shape index (κ2) is 5.27. The molecule has 2 aromatic rings. The fraction of sp³-hybridized carbons (Fsp3) is 0.143. The molecule has 1 aromatic heterocycles. The summed E-state index contributed by atoms with van der Waals surface area (Å²) in [5.74, 6) is -0.173. The van der Waals surface area contributed by atoms with Crippen molar-refractivity contribution in [1.82, 2.24) is 4.98 Å². The zero-order chi connectivity index (χ0) is 13.8. The molecule has 0 amide bonds. The Hall–Kier alpha value is -2.74. The maximum Gasteiger partial charge on any atom is 0.348 e. The third-order valence-corrected chi connectivity index (χ3v) is 2.73. The zero-order valence-corrected chi connectivity index (χ0v) is 10.6. The summed E-state index contributed by atoms with van der Waals surface area (Å²) in [7, 11) is 2.76. The van der Waals surface area contributed by atoms with Crippen LogP contribution in [-0.2, 0) is 9.53 Å². The number of fused-ring (bicyclic) bond motifs is 1. The van der Waals surface area contributed by atoms with Crippen LogP contribution in [0.1, 0.15) is 5.56 Å². The van der Waals surface area contributed by atoms with Gasteiger partial charge in [0.15, 0.2) is 5.88 Å². The third-order valence-electron chi connectivity index (χ3n) is 2.73. The lowest BCUT2D eigenvalue weighted by molar-refractivity contribution is -0.135. The quantitative estimate of drug-likeness (QED) is 0.519. The van der Waals surface area contributed by atoms with E-state index in [1.54, 1.807) is 0 Å². The van der Waals surface area contributed by atoms with Gasteiger partial charge in [0.1, 0.15) is 11.6 Å². The molecule has 0 radical (unpaired) electrons. The summed E-state index contributed by atoms with van der Waals surface area (Å²) in [6.07, 6.45) is 1.46. The topological polar surface area (TPSA) is 75.1 Å². The van der Waals surface area contributed by atoms with E-state index in [0.29, 0.717) is 11.4 Å². The highest BCUT2D eigenvalue weighted by molar-refractivity contribution is 6.02. The van der Waals surface area contributed by atoms with Crippen molar-refractivity contribution in [2.75, 3.05) is 14.2 Å². The van der Waals surface area contributed by atoms with E-state index >= 15 is 0 Å². The fourth-order valence-electron chi connectivity index (χ4n) is 1.83. The standard InChI is InChI=1S/C14H12N2O3/c1-18-13-11(7-9(8-15)14(17)19-2)10-5-3-4-6-12(10)16-13/h3-7,16H,1-2H3/b9-7-. The summed E-state index contributed by atoms with van der Waals surface area (Å²) in [4.78, 5) is 14.5. The van der Waals surface area contributed by atoms with Gasteiger partial charge in [-0.1, -0.05) is 18.2 Å². The summed E-state index contributed by atoms with van der Waals surface area (Å²) in [6.45, 7) is 0. The molecule has 0 unspecified atom stereocenters. The average molecular weight is 256 g/mol. The number of rotatable bonds is 3. The summed E-state index contributed by atoms with van der Waals surface area (Å²) < 4.78 is 9.78. The number of nitrogens with one attached hydrogen (secondary N) is 1. The number of nitrogens with zero attached hydrogens (tertiary/aromatic N) is 1. The van der Waals surface area contributed by atoms with Gasteiger partial charge in [0.05, 0.1) is 14.2 Å². The Balaban J connectivity index is 2.64. The Morgan fingerprint density at radius 3 is 2.74 bits per heavy atom. The van der Waals surface area contributed by atoms with Crippen LogP contribution in [0.15, 0.2) is 29.8 Å². The number of carbonyl (C=O) groups is 1. The number of aromatic nitrogens is 1. The third kappa shape index (κ3) is 2.29. The van der Waals surface area contributed by atoms with Crippen molar-refractivity contribution in [3.8, 4) is 11.9 Å². The number of nitriles is 1. The number of aromatic amines is 1. The highest BCUT2D eigenvalue weighted by Gasteiger charge is 2.14. The Kier molecular flexibility index (Phi) is 3.53. The van der Waals surface area contributed by atoms with Crippen LogP contribution in [0.5, 0.6) is 5.88 Å². The predicted molar refractivity (Wildman–Crippen MR) is 70.5 cm³/mol. The highest BCUT2D eigenvalue weighted by atomic mass is 16.5. The molecule has 19 heavy (non-hydrogen) atoms. The molecule has 1 aromatic carbocycles. The minimum atomic E-state index is -0.671. The number of benzene rings is 1. The molecule has 0 spiro atoms. The second-order valence-electron chi connectivity index (χ2n) is 3.78. The van der Waals surface area contributed by atoms with Gasteiger partial charge in [-0.05, 0) is 12.1 Å². The first-order valence-corrected chi connectivity index (χ1v) is 5.56. The normalized spacial score (nSPS) is 11.1. The van der Waals surface area contributed by atoms with Crippen LogP contribution >= 0.6 is 0 Å². The highest BCUT2D eigenvalue weighted by Crippen LogP contribution is 2.29. The average Bonchev–Trinajstić information content (AvgIpc) is 2.81. The lowest BCUT2D eigenvalue weighted by Gasteiger charge is -1.99. The molecule has 5 heteroatoms. The van der Waals surface area contributed by atoms with Crippen molar-refractivity contribution in [2.45, 2.75) is 0 Å². The van der Waals surface area contributed by atoms with E-state index < -0.39 is 5.97 Å². The second-order valence-corrected chi connectivity index (χ2v) is 3.78. The Bertz CT molecular complexity index is 692. The van der Waals surface area contributed by atoms with E-state index in [2.05, 4.69) is 9.72 Å². The van der Waals surface area contributed by atoms with Crippen LogP contribution in [0.2, 0.25) is 0 Å². The molecular weight excluding hydrogens is 244 g/mol. The molecule has 0 aliphatic rings. The first-order valence-electron chi connectivity index (χ1n) is 5.56. The largest absolute Gasteiger partial charge is 0.482 e. The van der Waals surface area contributed by atoms with Gasteiger partial charge in [0.25, 0.3) is 0 Å². The van der Waals surface area contributed by atoms with Crippen molar-refractivity contribution >= 4 is 22.9 Å². The Morgan fingerprint density at radius 2 is 2.11 bits per heavy atom. The monoisotopic (exact) mass is 256 g/mol. The van der Waals surface area contributed by atoms with Crippen LogP contribution in [0, 0.1) is 11.3 Å². The number of hydrogen-bond donors (Lipinski definition) is 1. The number of esters is 1. The van der Waals surface area contributed by atoms with E-state index in [0.717, 1.165) is 10.9 Å². The molecule has 96 valence electrons. The minimum Gasteiger partial charge on any atom is -0.482 e. The van der Waals surface area contributed by atoms with Gasteiger partial charge in [0, 0.05) is 16.5 Å². The number of ether oxygens (including phenoxy) is 2. The van der Waals surface area contributed by atoms with Gasteiger partial charge in [-0.15, -0.1) is 0 Å². The van der Waals surface area contributed by atoms with Crippen LogP contribution in [0.25, 0.3) is 17.0 Å². The van der Waals surface area contributed by atoms with Crippen molar-refractivity contribution in [1.29, 1.82) is 5.26 Å². The summed E-state index contributed by atoms with van der Waals surface area (Å²) in [5, 5.41) is 9.86. The summed E-state index contributed by atoms with van der Waals surface area (Å²) >= 11 is 0. The molecule has 1 N–H and O–H groups in total. The van der Waals surface area contributed by atoms with Gasteiger partial charge in [-0.3, -0.25) is 0 Å². The molecule has 0 aliphatic carbocycles. The molecule has 1 heterocycles. The van der Waals surface area contributed by atoms with E-state index in [1.165, 1.54) is 20.3 Å². The summed E-state index contributed by atoms with van der Waals surface area (Å²) in [5.41, 5.74) is 1.44. The number of para-hydroxylation sites is 1. The number of hydrogen-bond acceptors (Lipinski definition) is 4. The molecule has 0 saturated heterocycles. The SMILES string of the molecule is COC(=O)/C(C#N)=C\c1c(OC)[nH]c2ccccc12. The van der Waals surface area contributed by atoms with Crippen LogP contribution in [0.4, 0.5) is 0 Å². The maximum absolute atomic E-state index is 11.4. The molecule has 0 fully saturated rings. The summed E-state index contributed by atoms with van der Waals surface area (Å²) in [6, 6.07) is 9.35. The van der Waals surface area contributed by atoms with E-state index in [4.69, 9.17) is 10.00 Å². The lowest BCUT2D eigenvalue weighted by Crippen LogP contribution is -2.02. The van der Waals surface area contributed by atoms with Gasteiger partial charge in [-0.2, -0.15) is 5.26 Å². The predicted octanol–water partition coefficient (Wildman–Crippen LogP) is 2.26. The molecular formula is C14H12N2O3. The van der Waals surface area contributed by atoms with Gasteiger partial charge in [-0.25, -0.2) is 4.79 Å². The molecule has 0 saturated carbocycles. The zero-order valence-electron chi connectivity index (χ0n) is 10.6. The van der Waals surface area contributed by atoms with Crippen LogP contribution in [0.3, 0.4) is 0 Å². The first kappa shape index (κ1) is 12.7. The Labute approximate surface area is 110 Å². The van der Waals surface area contributed by atoms with E-state index in [9.17, 15) is 4.79 Å². The molecule has 0 bridgehead atoms. The lowest BCUT2D eigenvalue weighted by atomic mass is 10.1. The van der Waals surface area contributed by atoms with Crippen molar-refractivity contribution in [2.24, 2.45) is 0 Å². The first-order chi connectivity index (χ1) is 9.21. The molecule has 2 rings (SSSR count). The maximum atomic E-state index is 11.4. The van der Waals surface area contributed by atoms with Crippen LogP contribution in [-0.4, -0.2) is 25.2 Å². The molecule has 0 aliphatic heterocycles. The van der Waals surface area contributed by atoms with Crippen molar-refractivity contribution < 1.29 is 14.3 Å². The van der Waals surface area contributed by atoms with E-state index in [1.807, 2.05) is 30.3 Å². The fourth-order valence-corrected chi connectivity index (χ4v) is 1.83. The molecule has 0 atom stereocenters. The number of methoxy groups -OCH3 is 2. The number of H-pyrrole nitrogens is 1.